The van der Waals surface area contributed by atoms with Crippen molar-refractivity contribution < 1.29 is 17.1 Å². The Bertz CT molecular complexity index is 602. The van der Waals surface area contributed by atoms with Crippen molar-refractivity contribution in [2.75, 3.05) is 26.7 Å². The second-order valence-corrected chi connectivity index (χ2v) is 5.38. The highest BCUT2D eigenvalue weighted by atomic mass is 35.5. The van der Waals surface area contributed by atoms with E-state index in [1.165, 1.54) is 0 Å². The Labute approximate surface area is 152 Å². The Morgan fingerprint density at radius 1 is 0.875 bits per heavy atom. The van der Waals surface area contributed by atoms with Gasteiger partial charge in [0.25, 0.3) is 0 Å². The lowest BCUT2D eigenvalue weighted by atomic mass is 9.86. The van der Waals surface area contributed by atoms with Gasteiger partial charge in [0.15, 0.2) is 5.60 Å². The van der Waals surface area contributed by atoms with E-state index >= 15 is 0 Å². The molecule has 2 aromatic carbocycles. The maximum Gasteiger partial charge on any atom is 0.179 e. The predicted molar refractivity (Wildman–Crippen MR) is 96.2 cm³/mol. The van der Waals surface area contributed by atoms with Crippen LogP contribution in [0.15, 0.2) is 60.7 Å². The zero-order valence-electron chi connectivity index (χ0n) is 14.6. The summed E-state index contributed by atoms with van der Waals surface area (Å²) in [5.74, 6) is 6.73. The molecule has 3 heteroatoms. The van der Waals surface area contributed by atoms with Crippen molar-refractivity contribution in [1.82, 2.24) is 4.90 Å². The van der Waals surface area contributed by atoms with E-state index in [1.54, 1.807) is 7.11 Å². The third-order valence-corrected chi connectivity index (χ3v) is 4.13. The SMILES string of the molecule is CCN(CC)CC#CC(OC)(c1ccccc1)c1ccccc1.[Cl-]. The highest BCUT2D eigenvalue weighted by molar-refractivity contribution is 5.45. The van der Waals surface area contributed by atoms with Gasteiger partial charge in [-0.1, -0.05) is 86.4 Å². The quantitative estimate of drug-likeness (QED) is 0.724. The third kappa shape index (κ3) is 4.61. The second kappa shape index (κ2) is 10.2. The van der Waals surface area contributed by atoms with Gasteiger partial charge in [0.1, 0.15) is 0 Å². The smallest absolute Gasteiger partial charge is 0.179 e. The fraction of sp³-hybridized carbons (Fsp3) is 0.333. The summed E-state index contributed by atoms with van der Waals surface area (Å²) in [6.07, 6.45) is 0. The molecule has 0 spiro atoms. The molecule has 2 aromatic rings. The first kappa shape index (κ1) is 20.3. The van der Waals surface area contributed by atoms with Crippen LogP contribution in [0, 0.1) is 11.8 Å². The van der Waals surface area contributed by atoms with E-state index in [0.717, 1.165) is 30.8 Å². The van der Waals surface area contributed by atoms with Crippen LogP contribution in [-0.2, 0) is 10.3 Å². The molecule has 0 unspecified atom stereocenters. The topological polar surface area (TPSA) is 12.5 Å². The standard InChI is InChI=1S/C21H25NO.ClH/c1-4-22(5-2)18-12-17-21(23-3,19-13-8-6-9-14-19)20-15-10-7-11-16-20;/h6-11,13-16H,4-5,18H2,1-3H3;1H/p-1. The van der Waals surface area contributed by atoms with E-state index in [4.69, 9.17) is 4.74 Å². The molecule has 0 aromatic heterocycles. The molecule has 0 aliphatic carbocycles. The molecule has 0 atom stereocenters. The lowest BCUT2D eigenvalue weighted by Gasteiger charge is -2.28. The van der Waals surface area contributed by atoms with Crippen LogP contribution in [0.5, 0.6) is 0 Å². The maximum absolute atomic E-state index is 5.97. The Morgan fingerprint density at radius 2 is 1.33 bits per heavy atom. The summed E-state index contributed by atoms with van der Waals surface area (Å²) in [5.41, 5.74) is 1.39. The Morgan fingerprint density at radius 3 is 1.71 bits per heavy atom. The molecular weight excluding hydrogens is 318 g/mol. The Kier molecular flexibility index (Phi) is 8.57. The molecule has 0 aliphatic rings. The van der Waals surface area contributed by atoms with Crippen LogP contribution in [0.25, 0.3) is 0 Å². The van der Waals surface area contributed by atoms with Crippen molar-refractivity contribution in [3.63, 3.8) is 0 Å². The number of nitrogens with zero attached hydrogens (tertiary/aromatic N) is 1. The minimum Gasteiger partial charge on any atom is -1.00 e. The number of hydrogen-bond donors (Lipinski definition) is 0. The number of halogens is 1. The molecule has 0 saturated carbocycles. The summed E-state index contributed by atoms with van der Waals surface area (Å²) in [7, 11) is 1.73. The molecule has 0 aliphatic heterocycles. The molecule has 0 fully saturated rings. The zero-order chi connectivity index (χ0) is 16.5. The van der Waals surface area contributed by atoms with Crippen molar-refractivity contribution in [1.29, 1.82) is 0 Å². The molecule has 2 rings (SSSR count). The van der Waals surface area contributed by atoms with Crippen LogP contribution >= 0.6 is 0 Å². The van der Waals surface area contributed by atoms with Gasteiger partial charge in [0.2, 0.25) is 0 Å². The summed E-state index contributed by atoms with van der Waals surface area (Å²) in [5, 5.41) is 0. The Balaban J connectivity index is 0.00000288. The summed E-state index contributed by atoms with van der Waals surface area (Å²) in [4.78, 5) is 2.30. The summed E-state index contributed by atoms with van der Waals surface area (Å²) in [6, 6.07) is 20.4. The number of hydrogen-bond acceptors (Lipinski definition) is 2. The van der Waals surface area contributed by atoms with Gasteiger partial charge in [-0.2, -0.15) is 0 Å². The Hall–Kier alpha value is -1.79. The minimum atomic E-state index is -0.727. The van der Waals surface area contributed by atoms with Crippen molar-refractivity contribution in [2.24, 2.45) is 0 Å². The van der Waals surface area contributed by atoms with Crippen LogP contribution in [0.3, 0.4) is 0 Å². The highest BCUT2D eigenvalue weighted by Gasteiger charge is 2.32. The first-order valence-electron chi connectivity index (χ1n) is 8.15. The van der Waals surface area contributed by atoms with E-state index in [-0.39, 0.29) is 12.4 Å². The van der Waals surface area contributed by atoms with Crippen LogP contribution < -0.4 is 12.4 Å². The lowest BCUT2D eigenvalue weighted by Crippen LogP contribution is -3.00. The molecule has 0 N–H and O–H groups in total. The van der Waals surface area contributed by atoms with E-state index < -0.39 is 5.60 Å². The fourth-order valence-electron chi connectivity index (χ4n) is 2.67. The van der Waals surface area contributed by atoms with Gasteiger partial charge >= 0.3 is 0 Å². The fourth-order valence-corrected chi connectivity index (χ4v) is 2.67. The van der Waals surface area contributed by atoms with Crippen molar-refractivity contribution in [3.05, 3.63) is 71.8 Å². The average Bonchev–Trinajstić information content (AvgIpc) is 2.64. The average molecular weight is 343 g/mol. The van der Waals surface area contributed by atoms with Gasteiger partial charge in [-0.3, -0.25) is 4.90 Å². The van der Waals surface area contributed by atoms with E-state index in [2.05, 4.69) is 54.9 Å². The normalized spacial score (nSPS) is 10.7. The van der Waals surface area contributed by atoms with Crippen LogP contribution in [0.1, 0.15) is 25.0 Å². The second-order valence-electron chi connectivity index (χ2n) is 5.38. The van der Waals surface area contributed by atoms with Gasteiger partial charge in [0.05, 0.1) is 6.54 Å². The van der Waals surface area contributed by atoms with E-state index in [0.29, 0.717) is 0 Å². The molecular formula is C21H25ClNO-. The van der Waals surface area contributed by atoms with Crippen molar-refractivity contribution >= 4 is 0 Å². The van der Waals surface area contributed by atoms with Gasteiger partial charge in [-0.15, -0.1) is 0 Å². The zero-order valence-corrected chi connectivity index (χ0v) is 15.4. The summed E-state index contributed by atoms with van der Waals surface area (Å²) >= 11 is 0. The van der Waals surface area contributed by atoms with Crippen molar-refractivity contribution in [2.45, 2.75) is 19.4 Å². The number of benzene rings is 2. The van der Waals surface area contributed by atoms with Crippen LogP contribution in [-0.4, -0.2) is 31.6 Å². The molecule has 128 valence electrons. The highest BCUT2D eigenvalue weighted by Crippen LogP contribution is 2.32. The molecule has 0 saturated heterocycles. The summed E-state index contributed by atoms with van der Waals surface area (Å²) in [6.45, 7) is 7.06. The first-order valence-corrected chi connectivity index (χ1v) is 8.15. The van der Waals surface area contributed by atoms with Gasteiger partial charge in [0, 0.05) is 18.2 Å². The molecule has 0 radical (unpaired) electrons. The lowest BCUT2D eigenvalue weighted by molar-refractivity contribution is -0.00000601. The third-order valence-electron chi connectivity index (χ3n) is 4.13. The maximum atomic E-state index is 5.97. The number of rotatable bonds is 6. The monoisotopic (exact) mass is 342 g/mol. The first-order chi connectivity index (χ1) is 11.3. The predicted octanol–water partition coefficient (Wildman–Crippen LogP) is 0.926. The van der Waals surface area contributed by atoms with Crippen LogP contribution in [0.2, 0.25) is 0 Å². The molecule has 0 heterocycles. The van der Waals surface area contributed by atoms with Gasteiger partial charge in [-0.25, -0.2) is 0 Å². The molecule has 0 amide bonds. The largest absolute Gasteiger partial charge is 1.00 e. The van der Waals surface area contributed by atoms with E-state index in [1.807, 2.05) is 36.4 Å². The molecule has 0 bridgehead atoms. The molecule has 2 nitrogen and oxygen atoms in total. The molecule has 24 heavy (non-hydrogen) atoms. The minimum absolute atomic E-state index is 0. The van der Waals surface area contributed by atoms with E-state index in [9.17, 15) is 0 Å². The number of ether oxygens (including phenoxy) is 1. The summed E-state index contributed by atoms with van der Waals surface area (Å²) < 4.78 is 5.97. The van der Waals surface area contributed by atoms with Gasteiger partial charge in [-0.05, 0) is 13.1 Å². The van der Waals surface area contributed by atoms with Gasteiger partial charge < -0.3 is 17.1 Å². The van der Waals surface area contributed by atoms with Crippen molar-refractivity contribution in [3.8, 4) is 11.8 Å². The van der Waals surface area contributed by atoms with Crippen LogP contribution in [0.4, 0.5) is 0 Å². The number of methoxy groups -OCH3 is 1.